The van der Waals surface area contributed by atoms with Crippen molar-refractivity contribution in [2.24, 2.45) is 0 Å². The largest absolute Gasteiger partial charge is 0.480 e. The fraction of sp³-hybridized carbons (Fsp3) is 0.667. The van der Waals surface area contributed by atoms with Crippen molar-refractivity contribution in [3.05, 3.63) is 0 Å². The third-order valence-electron chi connectivity index (χ3n) is 0.536. The van der Waals surface area contributed by atoms with E-state index in [1.54, 1.807) is 0 Å². The molecular weight excluding hydrogens is 168 g/mol. The van der Waals surface area contributed by atoms with Crippen LogP contribution in [0.1, 0.15) is 0 Å². The average Bonchev–Trinajstić information content (AvgIpc) is 1.87. The molecule has 0 atom stereocenters. The molecule has 0 aromatic heterocycles. The highest BCUT2D eigenvalue weighted by Gasteiger charge is 1.88. The minimum Gasteiger partial charge on any atom is -0.480 e. The molecule has 0 aromatic carbocycles. The molecule has 0 aliphatic rings. The number of carboxylic acid groups (broad SMARTS) is 2. The molecule has 0 aliphatic carbocycles. The van der Waals surface area contributed by atoms with Gasteiger partial charge in [-0.1, -0.05) is 0 Å². The van der Waals surface area contributed by atoms with Crippen molar-refractivity contribution in [1.82, 2.24) is 0 Å². The molecule has 0 aliphatic heterocycles. The molecule has 0 radical (unpaired) electrons. The summed E-state index contributed by atoms with van der Waals surface area (Å²) >= 11 is 0. The fourth-order valence-corrected chi connectivity index (χ4v) is 0.247. The summed E-state index contributed by atoms with van der Waals surface area (Å²) in [6, 6.07) is 0. The zero-order chi connectivity index (χ0) is 9.98. The zero-order valence-corrected chi connectivity index (χ0v) is 6.94. The summed E-state index contributed by atoms with van der Waals surface area (Å²) in [6.45, 7) is -0.417. The Balaban J connectivity index is 0. The minimum atomic E-state index is -0.933. The highest BCUT2D eigenvalue weighted by atomic mass is 16.5. The summed E-state index contributed by atoms with van der Waals surface area (Å²) in [5.74, 6) is -1.87. The maximum Gasteiger partial charge on any atom is 0.329 e. The van der Waals surface area contributed by atoms with E-state index in [1.807, 2.05) is 0 Å². The van der Waals surface area contributed by atoms with Crippen LogP contribution in [0.4, 0.5) is 0 Å². The van der Waals surface area contributed by atoms with Crippen molar-refractivity contribution < 1.29 is 29.3 Å². The van der Waals surface area contributed by atoms with Gasteiger partial charge in [0.05, 0.1) is 0 Å². The second kappa shape index (κ2) is 9.86. The first kappa shape index (κ1) is 13.4. The summed E-state index contributed by atoms with van der Waals surface area (Å²) in [5, 5.41) is 15.6. The van der Waals surface area contributed by atoms with Crippen LogP contribution in [0.3, 0.4) is 0 Å². The average molecular weight is 180 g/mol. The number of rotatable bonds is 4. The first-order chi connectivity index (χ1) is 5.54. The molecule has 0 fully saturated rings. The van der Waals surface area contributed by atoms with E-state index in [9.17, 15) is 9.59 Å². The van der Waals surface area contributed by atoms with E-state index in [4.69, 9.17) is 10.2 Å². The topological polar surface area (TPSA) is 93.1 Å². The molecule has 72 valence electrons. The van der Waals surface area contributed by atoms with Gasteiger partial charge in [0.15, 0.2) is 0 Å². The molecule has 6 nitrogen and oxygen atoms in total. The molecule has 0 rings (SSSR count). The summed E-state index contributed by atoms with van der Waals surface area (Å²) in [4.78, 5) is 18.9. The molecule has 6 heteroatoms. The molecule has 0 unspecified atom stereocenters. The zero-order valence-electron chi connectivity index (χ0n) is 6.94. The smallest absolute Gasteiger partial charge is 0.329 e. The normalized spacial score (nSPS) is 8.17. The summed E-state index contributed by atoms with van der Waals surface area (Å²) in [6.07, 6.45) is 0. The van der Waals surface area contributed by atoms with E-state index in [0.717, 1.165) is 0 Å². The number of ether oxygens (including phenoxy) is 2. The van der Waals surface area contributed by atoms with E-state index in [-0.39, 0.29) is 13.2 Å². The molecule has 0 saturated carbocycles. The van der Waals surface area contributed by atoms with Crippen LogP contribution in [0.15, 0.2) is 0 Å². The summed E-state index contributed by atoms with van der Waals surface area (Å²) < 4.78 is 8.41. The molecule has 0 amide bonds. The van der Waals surface area contributed by atoms with E-state index in [0.29, 0.717) is 0 Å². The third kappa shape index (κ3) is 23.2. The molecule has 0 aromatic rings. The molecule has 0 heterocycles. The Bertz CT molecular complexity index is 116. The first-order valence-electron chi connectivity index (χ1n) is 2.96. The second-order valence-corrected chi connectivity index (χ2v) is 1.65. The van der Waals surface area contributed by atoms with E-state index < -0.39 is 11.9 Å². The number of hydrogen-bond acceptors (Lipinski definition) is 4. The molecular formula is C6H12O6. The lowest BCUT2D eigenvalue weighted by Gasteiger charge is -1.83. The molecule has 0 spiro atoms. The van der Waals surface area contributed by atoms with Gasteiger partial charge in [0.2, 0.25) is 0 Å². The van der Waals surface area contributed by atoms with Crippen molar-refractivity contribution >= 4 is 11.9 Å². The van der Waals surface area contributed by atoms with E-state index >= 15 is 0 Å². The lowest BCUT2D eigenvalue weighted by atomic mass is 10.8. The highest BCUT2D eigenvalue weighted by molar-refractivity contribution is 5.68. The van der Waals surface area contributed by atoms with Crippen molar-refractivity contribution in [1.29, 1.82) is 0 Å². The molecule has 0 saturated heterocycles. The summed E-state index contributed by atoms with van der Waals surface area (Å²) in [7, 11) is 2.68. The Hall–Kier alpha value is -1.14. The van der Waals surface area contributed by atoms with Gasteiger partial charge in [0, 0.05) is 14.2 Å². The minimum absolute atomic E-state index is 0.208. The van der Waals surface area contributed by atoms with Gasteiger partial charge in [0.1, 0.15) is 13.2 Å². The monoisotopic (exact) mass is 180 g/mol. The van der Waals surface area contributed by atoms with Crippen molar-refractivity contribution in [3.63, 3.8) is 0 Å². The fourth-order valence-electron chi connectivity index (χ4n) is 0.247. The SMILES string of the molecule is COCC(=O)O.COCC(=O)O. The Morgan fingerprint density at radius 3 is 1.25 bits per heavy atom. The predicted molar refractivity (Wildman–Crippen MR) is 39.0 cm³/mol. The number of methoxy groups -OCH3 is 2. The van der Waals surface area contributed by atoms with Gasteiger partial charge in [0.25, 0.3) is 0 Å². The maximum absolute atomic E-state index is 9.47. The van der Waals surface area contributed by atoms with Crippen LogP contribution >= 0.6 is 0 Å². The first-order valence-corrected chi connectivity index (χ1v) is 2.96. The Labute approximate surface area is 69.7 Å². The van der Waals surface area contributed by atoms with Crippen molar-refractivity contribution in [2.45, 2.75) is 0 Å². The van der Waals surface area contributed by atoms with Gasteiger partial charge in [-0.2, -0.15) is 0 Å². The summed E-state index contributed by atoms with van der Waals surface area (Å²) in [5.41, 5.74) is 0. The Morgan fingerprint density at radius 2 is 1.25 bits per heavy atom. The number of hydrogen-bond donors (Lipinski definition) is 2. The number of carbonyl (C=O) groups is 2. The quantitative estimate of drug-likeness (QED) is 0.602. The lowest BCUT2D eigenvalue weighted by Crippen LogP contribution is -2.02. The Morgan fingerprint density at radius 1 is 1.00 bits per heavy atom. The molecule has 0 bridgehead atoms. The highest BCUT2D eigenvalue weighted by Crippen LogP contribution is 1.62. The van der Waals surface area contributed by atoms with Crippen LogP contribution in [0.25, 0.3) is 0 Å². The van der Waals surface area contributed by atoms with Gasteiger partial charge < -0.3 is 19.7 Å². The molecule has 2 N–H and O–H groups in total. The maximum atomic E-state index is 9.47. The van der Waals surface area contributed by atoms with Gasteiger partial charge >= 0.3 is 11.9 Å². The predicted octanol–water partition coefficient (Wildman–Crippen LogP) is -0.565. The van der Waals surface area contributed by atoms with Crippen LogP contribution in [0.5, 0.6) is 0 Å². The van der Waals surface area contributed by atoms with Crippen LogP contribution in [0.2, 0.25) is 0 Å². The van der Waals surface area contributed by atoms with Crippen molar-refractivity contribution in [2.75, 3.05) is 27.4 Å². The van der Waals surface area contributed by atoms with Crippen LogP contribution in [-0.4, -0.2) is 49.6 Å². The van der Waals surface area contributed by atoms with E-state index in [2.05, 4.69) is 9.47 Å². The van der Waals surface area contributed by atoms with Crippen molar-refractivity contribution in [3.8, 4) is 0 Å². The lowest BCUT2D eigenvalue weighted by molar-refractivity contribution is -0.142. The van der Waals surface area contributed by atoms with Gasteiger partial charge in [-0.15, -0.1) is 0 Å². The van der Waals surface area contributed by atoms with Gasteiger partial charge in [-0.25, -0.2) is 9.59 Å². The second-order valence-electron chi connectivity index (χ2n) is 1.65. The van der Waals surface area contributed by atoms with Gasteiger partial charge in [-0.3, -0.25) is 0 Å². The number of aliphatic carboxylic acids is 2. The third-order valence-corrected chi connectivity index (χ3v) is 0.536. The van der Waals surface area contributed by atoms with Crippen LogP contribution in [-0.2, 0) is 19.1 Å². The number of carboxylic acids is 2. The van der Waals surface area contributed by atoms with Crippen LogP contribution < -0.4 is 0 Å². The van der Waals surface area contributed by atoms with Crippen LogP contribution in [0, 0.1) is 0 Å². The Kier molecular flexibility index (Phi) is 11.1. The van der Waals surface area contributed by atoms with Gasteiger partial charge in [-0.05, 0) is 0 Å². The van der Waals surface area contributed by atoms with E-state index in [1.165, 1.54) is 14.2 Å². The molecule has 12 heavy (non-hydrogen) atoms. The standard InChI is InChI=1S/2C3H6O3/c2*1-6-2-3(4)5/h2*2H2,1H3,(H,4,5).